The zero-order valence-electron chi connectivity index (χ0n) is 12.4. The molecule has 1 N–H and O–H groups in total. The lowest BCUT2D eigenvalue weighted by atomic mass is 9.82. The lowest BCUT2D eigenvalue weighted by Gasteiger charge is -2.34. The highest BCUT2D eigenvalue weighted by molar-refractivity contribution is 5.36. The van der Waals surface area contributed by atoms with Gasteiger partial charge in [0.1, 0.15) is 5.75 Å². The van der Waals surface area contributed by atoms with Crippen molar-refractivity contribution in [2.24, 2.45) is 5.92 Å². The molecule has 0 bridgehead atoms. The van der Waals surface area contributed by atoms with Crippen LogP contribution in [0.5, 0.6) is 5.75 Å². The first-order valence-corrected chi connectivity index (χ1v) is 8.01. The van der Waals surface area contributed by atoms with Crippen LogP contribution in [-0.4, -0.2) is 19.2 Å². The van der Waals surface area contributed by atoms with Gasteiger partial charge >= 0.3 is 0 Å². The number of hydrogen-bond acceptors (Lipinski definition) is 2. The summed E-state index contributed by atoms with van der Waals surface area (Å²) in [6.45, 7) is 4.07. The third-order valence-corrected chi connectivity index (χ3v) is 4.53. The highest BCUT2D eigenvalue weighted by Crippen LogP contribution is 2.32. The minimum absolute atomic E-state index is 0.494. The molecule has 1 aliphatic carbocycles. The summed E-state index contributed by atoms with van der Waals surface area (Å²) >= 11 is 0. The SMILES string of the molecule is CCNC(C1=CCCCC1)C1COc2ccccc2C1. The molecule has 1 heterocycles. The van der Waals surface area contributed by atoms with Crippen LogP contribution < -0.4 is 10.1 Å². The molecular formula is C18H25NO. The average Bonchev–Trinajstić information content (AvgIpc) is 2.53. The fourth-order valence-corrected chi connectivity index (χ4v) is 3.53. The molecule has 1 aromatic rings. The summed E-state index contributed by atoms with van der Waals surface area (Å²) in [5.41, 5.74) is 2.98. The second-order valence-electron chi connectivity index (χ2n) is 5.94. The normalized spacial score (nSPS) is 23.4. The van der Waals surface area contributed by atoms with E-state index in [0.29, 0.717) is 12.0 Å². The van der Waals surface area contributed by atoms with E-state index >= 15 is 0 Å². The maximum Gasteiger partial charge on any atom is 0.122 e. The summed E-state index contributed by atoms with van der Waals surface area (Å²) in [4.78, 5) is 0. The smallest absolute Gasteiger partial charge is 0.122 e. The van der Waals surface area contributed by atoms with Crippen molar-refractivity contribution < 1.29 is 4.74 Å². The van der Waals surface area contributed by atoms with Crippen molar-refractivity contribution in [3.63, 3.8) is 0 Å². The van der Waals surface area contributed by atoms with Crippen LogP contribution in [0.4, 0.5) is 0 Å². The van der Waals surface area contributed by atoms with E-state index in [4.69, 9.17) is 4.74 Å². The van der Waals surface area contributed by atoms with Gasteiger partial charge in [0.2, 0.25) is 0 Å². The zero-order chi connectivity index (χ0) is 13.8. The first-order valence-electron chi connectivity index (χ1n) is 8.01. The molecule has 2 unspecified atom stereocenters. The molecule has 0 amide bonds. The minimum atomic E-state index is 0.494. The Morgan fingerprint density at radius 1 is 1.30 bits per heavy atom. The van der Waals surface area contributed by atoms with Crippen LogP contribution in [0, 0.1) is 5.92 Å². The van der Waals surface area contributed by atoms with E-state index in [2.05, 4.69) is 42.6 Å². The van der Waals surface area contributed by atoms with Gasteiger partial charge in [0.15, 0.2) is 0 Å². The van der Waals surface area contributed by atoms with Crippen LogP contribution in [0.2, 0.25) is 0 Å². The fourth-order valence-electron chi connectivity index (χ4n) is 3.53. The monoisotopic (exact) mass is 271 g/mol. The number of allylic oxidation sites excluding steroid dienone is 1. The molecule has 2 aliphatic rings. The van der Waals surface area contributed by atoms with Gasteiger partial charge in [0, 0.05) is 12.0 Å². The van der Waals surface area contributed by atoms with E-state index < -0.39 is 0 Å². The van der Waals surface area contributed by atoms with E-state index in [1.165, 1.54) is 31.2 Å². The second kappa shape index (κ2) is 6.45. The molecule has 0 aromatic heterocycles. The molecule has 2 atom stereocenters. The van der Waals surface area contributed by atoms with Crippen molar-refractivity contribution in [3.05, 3.63) is 41.5 Å². The van der Waals surface area contributed by atoms with Gasteiger partial charge < -0.3 is 10.1 Å². The summed E-state index contributed by atoms with van der Waals surface area (Å²) in [6, 6.07) is 8.97. The molecule has 0 saturated carbocycles. The predicted molar refractivity (Wildman–Crippen MR) is 83.1 cm³/mol. The maximum atomic E-state index is 5.99. The van der Waals surface area contributed by atoms with Crippen molar-refractivity contribution in [1.82, 2.24) is 5.32 Å². The number of likely N-dealkylation sites (N-methyl/N-ethyl adjacent to an activating group) is 1. The highest BCUT2D eigenvalue weighted by atomic mass is 16.5. The topological polar surface area (TPSA) is 21.3 Å². The summed E-state index contributed by atoms with van der Waals surface area (Å²) in [6.07, 6.45) is 8.81. The number of para-hydroxylation sites is 1. The van der Waals surface area contributed by atoms with Gasteiger partial charge in [-0.05, 0) is 50.3 Å². The number of nitrogens with one attached hydrogen (secondary N) is 1. The van der Waals surface area contributed by atoms with Gasteiger partial charge in [-0.3, -0.25) is 0 Å². The third-order valence-electron chi connectivity index (χ3n) is 4.53. The zero-order valence-corrected chi connectivity index (χ0v) is 12.4. The highest BCUT2D eigenvalue weighted by Gasteiger charge is 2.29. The van der Waals surface area contributed by atoms with Crippen molar-refractivity contribution in [2.45, 2.75) is 45.1 Å². The standard InChI is InChI=1S/C18H25NO/c1-2-19-18(14-8-4-3-5-9-14)16-12-15-10-6-7-11-17(15)20-13-16/h6-8,10-11,16,18-19H,2-5,9,12-13H2,1H3. The van der Waals surface area contributed by atoms with Gasteiger partial charge in [0.05, 0.1) is 6.61 Å². The van der Waals surface area contributed by atoms with Crippen molar-refractivity contribution in [1.29, 1.82) is 0 Å². The van der Waals surface area contributed by atoms with Gasteiger partial charge in [-0.2, -0.15) is 0 Å². The molecule has 1 aliphatic heterocycles. The summed E-state index contributed by atoms with van der Waals surface area (Å²) in [7, 11) is 0. The van der Waals surface area contributed by atoms with Gasteiger partial charge in [0.25, 0.3) is 0 Å². The van der Waals surface area contributed by atoms with Gasteiger partial charge in [-0.15, -0.1) is 0 Å². The third kappa shape index (κ3) is 2.90. The Labute approximate surface area is 122 Å². The lowest BCUT2D eigenvalue weighted by Crippen LogP contribution is -2.43. The van der Waals surface area contributed by atoms with Crippen molar-refractivity contribution in [2.75, 3.05) is 13.2 Å². The van der Waals surface area contributed by atoms with E-state index in [1.807, 2.05) is 0 Å². The largest absolute Gasteiger partial charge is 0.493 e. The van der Waals surface area contributed by atoms with Crippen molar-refractivity contribution in [3.8, 4) is 5.75 Å². The number of ether oxygens (including phenoxy) is 1. The van der Waals surface area contributed by atoms with E-state index in [-0.39, 0.29) is 0 Å². The Morgan fingerprint density at radius 3 is 3.00 bits per heavy atom. The summed E-state index contributed by atoms with van der Waals surface area (Å²) in [5, 5.41) is 3.70. The lowest BCUT2D eigenvalue weighted by molar-refractivity contribution is 0.194. The van der Waals surface area contributed by atoms with Crippen LogP contribution in [0.25, 0.3) is 0 Å². The van der Waals surface area contributed by atoms with E-state index in [9.17, 15) is 0 Å². The number of hydrogen-bond donors (Lipinski definition) is 1. The number of rotatable bonds is 4. The van der Waals surface area contributed by atoms with Crippen LogP contribution in [0.3, 0.4) is 0 Å². The molecular weight excluding hydrogens is 246 g/mol. The molecule has 108 valence electrons. The molecule has 3 rings (SSSR count). The Hall–Kier alpha value is -1.28. The Morgan fingerprint density at radius 2 is 2.20 bits per heavy atom. The first kappa shape index (κ1) is 13.7. The first-order chi connectivity index (χ1) is 9.88. The quantitative estimate of drug-likeness (QED) is 0.843. The average molecular weight is 271 g/mol. The molecule has 1 aromatic carbocycles. The summed E-state index contributed by atoms with van der Waals surface area (Å²) in [5.74, 6) is 1.64. The molecule has 0 spiro atoms. The van der Waals surface area contributed by atoms with E-state index in [0.717, 1.165) is 25.3 Å². The molecule has 0 fully saturated rings. The van der Waals surface area contributed by atoms with Crippen molar-refractivity contribution >= 4 is 0 Å². The van der Waals surface area contributed by atoms with Crippen LogP contribution in [-0.2, 0) is 6.42 Å². The van der Waals surface area contributed by atoms with Gasteiger partial charge in [-0.1, -0.05) is 36.8 Å². The molecule has 2 nitrogen and oxygen atoms in total. The fraction of sp³-hybridized carbons (Fsp3) is 0.556. The molecule has 20 heavy (non-hydrogen) atoms. The van der Waals surface area contributed by atoms with Crippen LogP contribution >= 0.6 is 0 Å². The molecule has 0 radical (unpaired) electrons. The molecule has 2 heteroatoms. The molecule has 0 saturated heterocycles. The van der Waals surface area contributed by atoms with Gasteiger partial charge in [-0.25, -0.2) is 0 Å². The number of benzene rings is 1. The Bertz CT molecular complexity index is 480. The van der Waals surface area contributed by atoms with E-state index in [1.54, 1.807) is 5.57 Å². The predicted octanol–water partition coefficient (Wildman–Crippen LogP) is 3.72. The minimum Gasteiger partial charge on any atom is -0.493 e. The Kier molecular flexibility index (Phi) is 4.41. The van der Waals surface area contributed by atoms with Crippen LogP contribution in [0.1, 0.15) is 38.2 Å². The van der Waals surface area contributed by atoms with Crippen LogP contribution in [0.15, 0.2) is 35.9 Å². The summed E-state index contributed by atoms with van der Waals surface area (Å²) < 4.78 is 5.99. The second-order valence-corrected chi connectivity index (χ2v) is 5.94. The Balaban J connectivity index is 1.77. The maximum absolute atomic E-state index is 5.99. The number of fused-ring (bicyclic) bond motifs is 1.